The Labute approximate surface area is 58.9 Å². The lowest BCUT2D eigenvalue weighted by atomic mass is 10.4. The molecule has 0 aliphatic heterocycles. The second-order valence-electron chi connectivity index (χ2n) is 1.55. The molecule has 0 amide bonds. The molecule has 60 valence electrons. The van der Waals surface area contributed by atoms with Gasteiger partial charge in [0.2, 0.25) is 0 Å². The Morgan fingerprint density at radius 3 is 2.70 bits per heavy atom. The van der Waals surface area contributed by atoms with E-state index < -0.39 is 7.82 Å². The van der Waals surface area contributed by atoms with Crippen molar-refractivity contribution in [3.8, 4) is 0 Å². The zero-order valence-electron chi connectivity index (χ0n) is 5.36. The first-order valence-electron chi connectivity index (χ1n) is 2.64. The minimum Gasteiger partial charge on any atom is -0.302 e. The molecule has 0 saturated heterocycles. The van der Waals surface area contributed by atoms with Crippen molar-refractivity contribution in [2.45, 2.75) is 6.42 Å². The fourth-order valence-corrected chi connectivity index (χ4v) is 0.550. The van der Waals surface area contributed by atoms with Crippen LogP contribution < -0.4 is 5.48 Å². The summed E-state index contributed by atoms with van der Waals surface area (Å²) >= 11 is 0. The maximum absolute atomic E-state index is 9.98. The van der Waals surface area contributed by atoms with Gasteiger partial charge in [-0.15, -0.1) is 6.58 Å². The van der Waals surface area contributed by atoms with Crippen molar-refractivity contribution in [2.75, 3.05) is 6.54 Å². The van der Waals surface area contributed by atoms with Gasteiger partial charge in [-0.1, -0.05) is 6.08 Å². The molecule has 0 saturated carbocycles. The predicted molar refractivity (Wildman–Crippen MR) is 35.9 cm³/mol. The van der Waals surface area contributed by atoms with E-state index in [1.165, 1.54) is 0 Å². The molecular weight excluding hydrogens is 157 g/mol. The normalized spacial score (nSPS) is 11.4. The summed E-state index contributed by atoms with van der Waals surface area (Å²) in [5, 5.41) is 0. The van der Waals surface area contributed by atoms with Gasteiger partial charge >= 0.3 is 7.82 Å². The Morgan fingerprint density at radius 2 is 2.30 bits per heavy atom. The first-order valence-corrected chi connectivity index (χ1v) is 4.17. The van der Waals surface area contributed by atoms with Crippen molar-refractivity contribution in [3.05, 3.63) is 12.7 Å². The van der Waals surface area contributed by atoms with Crippen molar-refractivity contribution >= 4 is 7.82 Å². The Hall–Kier alpha value is -0.190. The summed E-state index contributed by atoms with van der Waals surface area (Å²) in [4.78, 5) is 16.2. The average molecular weight is 167 g/mol. The molecule has 0 aromatic rings. The Kier molecular flexibility index (Phi) is 4.51. The SMILES string of the molecule is C=CCCNOP(=O)(O)O. The standard InChI is InChI=1S/C4H10NO4P/c1-2-3-4-5-9-10(6,7)8/h2,5H,1,3-4H2,(H2,6,7,8). The van der Waals surface area contributed by atoms with Crippen LogP contribution in [0.3, 0.4) is 0 Å². The second-order valence-corrected chi connectivity index (χ2v) is 2.72. The highest BCUT2D eigenvalue weighted by Gasteiger charge is 2.12. The third-order valence-corrected chi connectivity index (χ3v) is 1.00. The van der Waals surface area contributed by atoms with Crippen molar-refractivity contribution in [3.63, 3.8) is 0 Å². The molecule has 5 nitrogen and oxygen atoms in total. The van der Waals surface area contributed by atoms with Crippen LogP contribution >= 0.6 is 7.82 Å². The van der Waals surface area contributed by atoms with Gasteiger partial charge in [0.1, 0.15) is 0 Å². The smallest absolute Gasteiger partial charge is 0.302 e. The molecule has 0 spiro atoms. The van der Waals surface area contributed by atoms with Gasteiger partial charge in [-0.05, 0) is 6.42 Å². The predicted octanol–water partition coefficient (Wildman–Crippen LogP) is 0.176. The summed E-state index contributed by atoms with van der Waals surface area (Å²) in [6.07, 6.45) is 2.20. The molecule has 0 unspecified atom stereocenters. The highest BCUT2D eigenvalue weighted by molar-refractivity contribution is 7.46. The lowest BCUT2D eigenvalue weighted by molar-refractivity contribution is 0.126. The first-order chi connectivity index (χ1) is 4.56. The van der Waals surface area contributed by atoms with E-state index in [1.807, 2.05) is 0 Å². The lowest BCUT2D eigenvalue weighted by Gasteiger charge is -2.03. The van der Waals surface area contributed by atoms with Crippen LogP contribution in [0.4, 0.5) is 0 Å². The van der Waals surface area contributed by atoms with E-state index in [9.17, 15) is 4.57 Å². The van der Waals surface area contributed by atoms with Gasteiger partial charge in [0.25, 0.3) is 0 Å². The van der Waals surface area contributed by atoms with Crippen LogP contribution in [0.1, 0.15) is 6.42 Å². The third-order valence-electron chi connectivity index (χ3n) is 0.634. The van der Waals surface area contributed by atoms with Crippen LogP contribution in [-0.2, 0) is 9.19 Å². The summed E-state index contributed by atoms with van der Waals surface area (Å²) < 4.78 is 13.9. The van der Waals surface area contributed by atoms with E-state index in [2.05, 4.69) is 16.7 Å². The fourth-order valence-electron chi connectivity index (χ4n) is 0.291. The zero-order valence-corrected chi connectivity index (χ0v) is 6.25. The van der Waals surface area contributed by atoms with Crippen LogP contribution in [0.25, 0.3) is 0 Å². The highest BCUT2D eigenvalue weighted by atomic mass is 31.2. The summed E-state index contributed by atoms with van der Waals surface area (Å²) in [6.45, 7) is 3.75. The van der Waals surface area contributed by atoms with Crippen molar-refractivity contribution in [2.24, 2.45) is 0 Å². The summed E-state index contributed by atoms with van der Waals surface area (Å²) in [5.74, 6) is 0. The third kappa shape index (κ3) is 7.81. The molecule has 0 bridgehead atoms. The van der Waals surface area contributed by atoms with E-state index in [0.29, 0.717) is 13.0 Å². The van der Waals surface area contributed by atoms with E-state index in [0.717, 1.165) is 0 Å². The van der Waals surface area contributed by atoms with Crippen LogP contribution in [0.2, 0.25) is 0 Å². The van der Waals surface area contributed by atoms with Gasteiger partial charge in [0.05, 0.1) is 0 Å². The van der Waals surface area contributed by atoms with E-state index in [4.69, 9.17) is 9.79 Å². The summed E-state index contributed by atoms with van der Waals surface area (Å²) in [5.41, 5.74) is 2.09. The molecule has 0 atom stereocenters. The molecular formula is C4H10NO4P. The van der Waals surface area contributed by atoms with E-state index in [1.54, 1.807) is 6.08 Å². The van der Waals surface area contributed by atoms with Gasteiger partial charge in [-0.3, -0.25) is 0 Å². The highest BCUT2D eigenvalue weighted by Crippen LogP contribution is 2.33. The Bertz CT molecular complexity index is 142. The first kappa shape index (κ1) is 9.81. The van der Waals surface area contributed by atoms with Gasteiger partial charge in [0.15, 0.2) is 0 Å². The van der Waals surface area contributed by atoms with Gasteiger partial charge in [-0.25, -0.2) is 4.57 Å². The fraction of sp³-hybridized carbons (Fsp3) is 0.500. The number of phosphoric acid groups is 1. The molecule has 0 aliphatic carbocycles. The largest absolute Gasteiger partial charge is 0.486 e. The quantitative estimate of drug-likeness (QED) is 0.235. The minimum atomic E-state index is -4.35. The van der Waals surface area contributed by atoms with Crippen molar-refractivity contribution < 1.29 is 19.0 Å². The van der Waals surface area contributed by atoms with Crippen LogP contribution in [0.15, 0.2) is 12.7 Å². The van der Waals surface area contributed by atoms with Gasteiger partial charge in [0, 0.05) is 6.54 Å². The van der Waals surface area contributed by atoms with Crippen LogP contribution in [0.5, 0.6) is 0 Å². The molecule has 0 aliphatic rings. The number of hydrogen-bond acceptors (Lipinski definition) is 3. The number of rotatable bonds is 5. The maximum Gasteiger partial charge on any atom is 0.486 e. The van der Waals surface area contributed by atoms with Gasteiger partial charge < -0.3 is 9.79 Å². The molecule has 6 heteroatoms. The molecule has 0 fully saturated rings. The molecule has 0 heterocycles. The van der Waals surface area contributed by atoms with E-state index >= 15 is 0 Å². The number of nitrogens with one attached hydrogen (secondary N) is 1. The Balaban J connectivity index is 3.20. The molecule has 3 N–H and O–H groups in total. The monoisotopic (exact) mass is 167 g/mol. The summed E-state index contributed by atoms with van der Waals surface area (Å²) in [7, 11) is -4.35. The maximum atomic E-state index is 9.98. The molecule has 0 rings (SSSR count). The van der Waals surface area contributed by atoms with Crippen molar-refractivity contribution in [1.82, 2.24) is 5.48 Å². The molecule has 10 heavy (non-hydrogen) atoms. The van der Waals surface area contributed by atoms with Gasteiger partial charge in [-0.2, -0.15) is 10.1 Å². The van der Waals surface area contributed by atoms with Crippen molar-refractivity contribution in [1.29, 1.82) is 0 Å². The molecule has 0 aromatic heterocycles. The summed E-state index contributed by atoms with van der Waals surface area (Å²) in [6, 6.07) is 0. The van der Waals surface area contributed by atoms with Crippen LogP contribution in [0, 0.1) is 0 Å². The second kappa shape index (κ2) is 4.60. The molecule has 0 aromatic carbocycles. The topological polar surface area (TPSA) is 78.8 Å². The zero-order chi connectivity index (χ0) is 8.04. The average Bonchev–Trinajstić information content (AvgIpc) is 1.78. The number of hydrogen-bond donors (Lipinski definition) is 3. The Morgan fingerprint density at radius 1 is 1.70 bits per heavy atom. The number of hydroxylamine groups is 1. The minimum absolute atomic E-state index is 0.342. The lowest BCUT2D eigenvalue weighted by Crippen LogP contribution is -2.13. The molecule has 0 radical (unpaired) electrons. The van der Waals surface area contributed by atoms with Crippen LogP contribution in [-0.4, -0.2) is 16.3 Å². The van der Waals surface area contributed by atoms with E-state index in [-0.39, 0.29) is 0 Å².